The summed E-state index contributed by atoms with van der Waals surface area (Å²) in [6.45, 7) is 3.98. The van der Waals surface area contributed by atoms with Crippen molar-refractivity contribution < 1.29 is 4.74 Å². The van der Waals surface area contributed by atoms with E-state index in [0.29, 0.717) is 0 Å². The van der Waals surface area contributed by atoms with E-state index in [1.807, 2.05) is 19.9 Å². The highest BCUT2D eigenvalue weighted by Crippen LogP contribution is 2.26. The van der Waals surface area contributed by atoms with Gasteiger partial charge in [-0.3, -0.25) is 4.98 Å². The zero-order valence-electron chi connectivity index (χ0n) is 10.5. The third-order valence-corrected chi connectivity index (χ3v) is 2.74. The molecule has 0 saturated heterocycles. The maximum atomic E-state index is 5.81. The monoisotopic (exact) mass is 230 g/mol. The van der Waals surface area contributed by atoms with Crippen LogP contribution in [0.3, 0.4) is 0 Å². The number of hydrogen-bond donors (Lipinski definition) is 1. The van der Waals surface area contributed by atoms with Crippen molar-refractivity contribution in [1.82, 2.24) is 4.98 Å². The van der Waals surface area contributed by atoms with Gasteiger partial charge in [-0.2, -0.15) is 0 Å². The van der Waals surface area contributed by atoms with Crippen LogP contribution in [-0.2, 0) is 6.42 Å². The minimum absolute atomic E-state index is 0.166. The Balaban J connectivity index is 2.53. The molecule has 1 aromatic carbocycles. The van der Waals surface area contributed by atoms with Gasteiger partial charge in [-0.25, -0.2) is 0 Å². The van der Waals surface area contributed by atoms with Gasteiger partial charge in [-0.05, 0) is 38.0 Å². The minimum atomic E-state index is 0.166. The maximum Gasteiger partial charge on any atom is 0.130 e. The van der Waals surface area contributed by atoms with Gasteiger partial charge in [-0.1, -0.05) is 6.07 Å². The quantitative estimate of drug-likeness (QED) is 0.881. The van der Waals surface area contributed by atoms with Crippen LogP contribution in [0.15, 0.2) is 24.3 Å². The number of aromatic nitrogens is 1. The summed E-state index contributed by atoms with van der Waals surface area (Å²) >= 11 is 0. The molecule has 0 fully saturated rings. The second kappa shape index (κ2) is 4.72. The fourth-order valence-electron chi connectivity index (χ4n) is 2.04. The second-order valence-electron chi connectivity index (χ2n) is 4.50. The van der Waals surface area contributed by atoms with Gasteiger partial charge in [-0.15, -0.1) is 0 Å². The average Bonchev–Trinajstić information content (AvgIpc) is 2.26. The average molecular weight is 230 g/mol. The molecule has 0 radical (unpaired) electrons. The van der Waals surface area contributed by atoms with Crippen molar-refractivity contribution in [3.8, 4) is 5.75 Å². The molecule has 0 aliphatic carbocycles. The first-order chi connectivity index (χ1) is 8.10. The van der Waals surface area contributed by atoms with Crippen molar-refractivity contribution in [3.63, 3.8) is 0 Å². The summed E-state index contributed by atoms with van der Waals surface area (Å²) in [5, 5.41) is 1.05. The fraction of sp³-hybridized carbons (Fsp3) is 0.357. The Morgan fingerprint density at radius 3 is 2.76 bits per heavy atom. The van der Waals surface area contributed by atoms with E-state index >= 15 is 0 Å². The lowest BCUT2D eigenvalue weighted by molar-refractivity contribution is 0.419. The van der Waals surface area contributed by atoms with E-state index in [0.717, 1.165) is 28.8 Å². The minimum Gasteiger partial charge on any atom is -0.496 e. The molecule has 1 aromatic heterocycles. The van der Waals surface area contributed by atoms with Crippen molar-refractivity contribution in [2.75, 3.05) is 7.11 Å². The van der Waals surface area contributed by atoms with E-state index in [1.54, 1.807) is 7.11 Å². The molecule has 3 heteroatoms. The Kier molecular flexibility index (Phi) is 3.29. The van der Waals surface area contributed by atoms with Crippen LogP contribution < -0.4 is 10.5 Å². The zero-order valence-corrected chi connectivity index (χ0v) is 10.5. The number of benzene rings is 1. The topological polar surface area (TPSA) is 48.1 Å². The van der Waals surface area contributed by atoms with Crippen molar-refractivity contribution in [3.05, 3.63) is 35.5 Å². The van der Waals surface area contributed by atoms with E-state index < -0.39 is 0 Å². The zero-order chi connectivity index (χ0) is 12.4. The maximum absolute atomic E-state index is 5.81. The molecule has 0 aliphatic heterocycles. The molecule has 2 N–H and O–H groups in total. The Bertz CT molecular complexity index is 535. The third kappa shape index (κ3) is 2.56. The molecule has 0 spiro atoms. The molecule has 0 aliphatic rings. The predicted molar refractivity (Wildman–Crippen MR) is 70.4 cm³/mol. The smallest absolute Gasteiger partial charge is 0.130 e. The first-order valence-electron chi connectivity index (χ1n) is 5.80. The third-order valence-electron chi connectivity index (χ3n) is 2.74. The lowest BCUT2D eigenvalue weighted by Gasteiger charge is -2.09. The number of methoxy groups -OCH3 is 1. The van der Waals surface area contributed by atoms with Crippen molar-refractivity contribution in [2.24, 2.45) is 5.73 Å². The molecular formula is C14H18N2O. The molecule has 1 unspecified atom stereocenters. The van der Waals surface area contributed by atoms with Crippen molar-refractivity contribution in [2.45, 2.75) is 26.3 Å². The van der Waals surface area contributed by atoms with Crippen LogP contribution in [0.25, 0.3) is 10.9 Å². The Hall–Kier alpha value is -1.61. The van der Waals surface area contributed by atoms with Gasteiger partial charge in [0.2, 0.25) is 0 Å². The summed E-state index contributed by atoms with van der Waals surface area (Å²) in [6, 6.07) is 8.35. The number of nitrogens with two attached hydrogens (primary N) is 1. The van der Waals surface area contributed by atoms with Gasteiger partial charge in [0.25, 0.3) is 0 Å². The second-order valence-corrected chi connectivity index (χ2v) is 4.50. The number of nitrogens with zero attached hydrogens (tertiary/aromatic N) is 1. The number of ether oxygens (including phenoxy) is 1. The van der Waals surface area contributed by atoms with Crippen LogP contribution in [0.5, 0.6) is 5.75 Å². The van der Waals surface area contributed by atoms with Crippen LogP contribution in [-0.4, -0.2) is 18.1 Å². The van der Waals surface area contributed by atoms with Gasteiger partial charge >= 0.3 is 0 Å². The summed E-state index contributed by atoms with van der Waals surface area (Å²) in [4.78, 5) is 4.53. The molecular weight excluding hydrogens is 212 g/mol. The van der Waals surface area contributed by atoms with Gasteiger partial charge in [0.15, 0.2) is 0 Å². The molecule has 1 atom stereocenters. The van der Waals surface area contributed by atoms with E-state index in [9.17, 15) is 0 Å². The van der Waals surface area contributed by atoms with Crippen LogP contribution >= 0.6 is 0 Å². The molecule has 3 nitrogen and oxygen atoms in total. The SMILES string of the molecule is COc1cc(C)nc2cc(CC(C)N)ccc12. The van der Waals surface area contributed by atoms with Gasteiger partial charge in [0, 0.05) is 23.2 Å². The normalized spacial score (nSPS) is 12.7. The van der Waals surface area contributed by atoms with Gasteiger partial charge in [0.05, 0.1) is 12.6 Å². The van der Waals surface area contributed by atoms with E-state index in [2.05, 4.69) is 23.2 Å². The van der Waals surface area contributed by atoms with Crippen LogP contribution in [0.1, 0.15) is 18.2 Å². The molecule has 1 heterocycles. The molecule has 0 amide bonds. The number of fused-ring (bicyclic) bond motifs is 1. The van der Waals surface area contributed by atoms with Crippen LogP contribution in [0.4, 0.5) is 0 Å². The van der Waals surface area contributed by atoms with E-state index in [1.165, 1.54) is 5.56 Å². The van der Waals surface area contributed by atoms with Gasteiger partial charge in [0.1, 0.15) is 5.75 Å². The molecule has 2 aromatic rings. The first kappa shape index (κ1) is 11.9. The Morgan fingerprint density at radius 1 is 1.35 bits per heavy atom. The lowest BCUT2D eigenvalue weighted by atomic mass is 10.0. The summed E-state index contributed by atoms with van der Waals surface area (Å²) in [7, 11) is 1.68. The highest BCUT2D eigenvalue weighted by atomic mass is 16.5. The van der Waals surface area contributed by atoms with Crippen LogP contribution in [0, 0.1) is 6.92 Å². The molecule has 17 heavy (non-hydrogen) atoms. The highest BCUT2D eigenvalue weighted by molar-refractivity contribution is 5.85. The number of pyridine rings is 1. The Labute approximate surface area is 102 Å². The predicted octanol–water partition coefficient (Wildman–Crippen LogP) is 2.44. The number of hydrogen-bond acceptors (Lipinski definition) is 3. The van der Waals surface area contributed by atoms with Crippen molar-refractivity contribution >= 4 is 10.9 Å². The first-order valence-corrected chi connectivity index (χ1v) is 5.80. The number of aryl methyl sites for hydroxylation is 1. The fourth-order valence-corrected chi connectivity index (χ4v) is 2.04. The van der Waals surface area contributed by atoms with E-state index in [-0.39, 0.29) is 6.04 Å². The Morgan fingerprint density at radius 2 is 2.12 bits per heavy atom. The van der Waals surface area contributed by atoms with Crippen LogP contribution in [0.2, 0.25) is 0 Å². The lowest BCUT2D eigenvalue weighted by Crippen LogP contribution is -2.17. The summed E-state index contributed by atoms with van der Waals surface area (Å²) < 4.78 is 5.36. The highest BCUT2D eigenvalue weighted by Gasteiger charge is 2.06. The largest absolute Gasteiger partial charge is 0.496 e. The number of rotatable bonds is 3. The summed E-state index contributed by atoms with van der Waals surface area (Å²) in [5.74, 6) is 0.875. The summed E-state index contributed by atoms with van der Waals surface area (Å²) in [6.07, 6.45) is 0.869. The molecule has 0 saturated carbocycles. The molecule has 2 rings (SSSR count). The van der Waals surface area contributed by atoms with Gasteiger partial charge < -0.3 is 10.5 Å². The molecule has 90 valence electrons. The van der Waals surface area contributed by atoms with Crippen molar-refractivity contribution in [1.29, 1.82) is 0 Å². The molecule has 0 bridgehead atoms. The van der Waals surface area contributed by atoms with E-state index in [4.69, 9.17) is 10.5 Å². The summed E-state index contributed by atoms with van der Waals surface area (Å²) in [5.41, 5.74) is 8.96. The standard InChI is InChI=1S/C14H18N2O/c1-9(15)6-11-4-5-12-13(8-11)16-10(2)7-14(12)17-3/h4-5,7-9H,6,15H2,1-3H3.